The molecule has 0 radical (unpaired) electrons. The van der Waals surface area contributed by atoms with Crippen molar-refractivity contribution in [1.82, 2.24) is 14.9 Å². The topological polar surface area (TPSA) is 110 Å². The van der Waals surface area contributed by atoms with Gasteiger partial charge < -0.3 is 20.7 Å². The van der Waals surface area contributed by atoms with Crippen molar-refractivity contribution in [3.05, 3.63) is 29.6 Å². The Morgan fingerprint density at radius 1 is 1.43 bits per heavy atom. The molecule has 112 valence electrons. The molecule has 0 saturated heterocycles. The molecule has 4 N–H and O–H groups in total. The minimum atomic E-state index is -1.00. The van der Waals surface area contributed by atoms with Crippen molar-refractivity contribution in [1.29, 1.82) is 0 Å². The number of fused-ring (bicyclic) bond motifs is 1. The van der Waals surface area contributed by atoms with E-state index in [1.54, 1.807) is 6.07 Å². The number of nitrogens with zero attached hydrogens (tertiary/aromatic N) is 2. The second-order valence-corrected chi connectivity index (χ2v) is 5.05. The third-order valence-electron chi connectivity index (χ3n) is 3.19. The number of primary amides is 1. The Hall–Kier alpha value is -2.57. The molecule has 0 aliphatic rings. The van der Waals surface area contributed by atoms with Gasteiger partial charge >= 0.3 is 12.0 Å². The zero-order valence-electron chi connectivity index (χ0n) is 12.0. The fourth-order valence-corrected chi connectivity index (χ4v) is 2.30. The van der Waals surface area contributed by atoms with Crippen molar-refractivity contribution in [2.24, 2.45) is 5.73 Å². The maximum absolute atomic E-state index is 11.3. The number of nitrogens with one attached hydrogen (secondary N) is 1. The molecule has 7 nitrogen and oxygen atoms in total. The summed E-state index contributed by atoms with van der Waals surface area (Å²) in [6.45, 7) is 4.81. The van der Waals surface area contributed by atoms with Crippen LogP contribution < -0.4 is 11.1 Å². The van der Waals surface area contributed by atoms with Gasteiger partial charge in [-0.15, -0.1) is 0 Å². The SMILES string of the molecule is CC(C)c1nc2c(C(=O)O)cccc2n1CCNC(N)=O. The number of urea groups is 1. The van der Waals surface area contributed by atoms with Gasteiger partial charge in [-0.25, -0.2) is 14.6 Å². The summed E-state index contributed by atoms with van der Waals surface area (Å²) in [7, 11) is 0. The molecule has 1 aromatic carbocycles. The normalized spacial score (nSPS) is 11.0. The number of amides is 2. The van der Waals surface area contributed by atoms with E-state index in [0.29, 0.717) is 18.6 Å². The first-order valence-electron chi connectivity index (χ1n) is 6.67. The van der Waals surface area contributed by atoms with Gasteiger partial charge in [-0.05, 0) is 12.1 Å². The average molecular weight is 290 g/mol. The van der Waals surface area contributed by atoms with E-state index in [4.69, 9.17) is 5.73 Å². The maximum atomic E-state index is 11.3. The first-order chi connectivity index (χ1) is 9.91. The molecular formula is C14H18N4O3. The minimum absolute atomic E-state index is 0.132. The van der Waals surface area contributed by atoms with Crippen molar-refractivity contribution < 1.29 is 14.7 Å². The number of hydrogen-bond acceptors (Lipinski definition) is 3. The molecule has 0 unspecified atom stereocenters. The summed E-state index contributed by atoms with van der Waals surface area (Å²) >= 11 is 0. The molecule has 1 aromatic heterocycles. The summed E-state index contributed by atoms with van der Waals surface area (Å²) in [6, 6.07) is 4.46. The van der Waals surface area contributed by atoms with E-state index in [1.165, 1.54) is 6.07 Å². The quantitative estimate of drug-likeness (QED) is 0.775. The van der Waals surface area contributed by atoms with Crippen LogP contribution in [0.25, 0.3) is 11.0 Å². The van der Waals surface area contributed by atoms with Crippen LogP contribution >= 0.6 is 0 Å². The molecule has 0 aliphatic heterocycles. The molecule has 0 aliphatic carbocycles. The summed E-state index contributed by atoms with van der Waals surface area (Å²) in [4.78, 5) is 26.5. The monoisotopic (exact) mass is 290 g/mol. The van der Waals surface area contributed by atoms with Gasteiger partial charge in [0, 0.05) is 19.0 Å². The smallest absolute Gasteiger partial charge is 0.337 e. The highest BCUT2D eigenvalue weighted by atomic mass is 16.4. The van der Waals surface area contributed by atoms with Crippen molar-refractivity contribution in [3.63, 3.8) is 0 Å². The standard InChI is InChI=1S/C14H18N4O3/c1-8(2)12-17-11-9(13(19)20)4-3-5-10(11)18(12)7-6-16-14(15)21/h3-5,8H,6-7H2,1-2H3,(H,19,20)(H3,15,16,21). The number of para-hydroxylation sites is 1. The molecule has 2 amide bonds. The fraction of sp³-hybridized carbons (Fsp3) is 0.357. The number of benzene rings is 1. The van der Waals surface area contributed by atoms with E-state index in [2.05, 4.69) is 10.3 Å². The van der Waals surface area contributed by atoms with Crippen LogP contribution in [-0.2, 0) is 6.54 Å². The Balaban J connectivity index is 2.50. The third kappa shape index (κ3) is 2.96. The van der Waals surface area contributed by atoms with Crippen LogP contribution in [0.2, 0.25) is 0 Å². The molecular weight excluding hydrogens is 272 g/mol. The number of carbonyl (C=O) groups excluding carboxylic acids is 1. The Labute approximate surface area is 121 Å². The zero-order valence-corrected chi connectivity index (χ0v) is 12.0. The summed E-state index contributed by atoms with van der Waals surface area (Å²) in [5.41, 5.74) is 6.44. The van der Waals surface area contributed by atoms with E-state index >= 15 is 0 Å². The van der Waals surface area contributed by atoms with Crippen molar-refractivity contribution >= 4 is 23.0 Å². The molecule has 2 rings (SSSR count). The largest absolute Gasteiger partial charge is 0.478 e. The summed E-state index contributed by atoms with van der Waals surface area (Å²) in [5.74, 6) is -0.0894. The van der Waals surface area contributed by atoms with Crippen LogP contribution in [0, 0.1) is 0 Å². The van der Waals surface area contributed by atoms with E-state index in [1.807, 2.05) is 24.5 Å². The van der Waals surface area contributed by atoms with Gasteiger partial charge in [0.15, 0.2) is 0 Å². The van der Waals surface area contributed by atoms with E-state index in [9.17, 15) is 14.7 Å². The lowest BCUT2D eigenvalue weighted by Crippen LogP contribution is -2.32. The molecule has 21 heavy (non-hydrogen) atoms. The first kappa shape index (κ1) is 14.8. The Morgan fingerprint density at radius 3 is 2.71 bits per heavy atom. The third-order valence-corrected chi connectivity index (χ3v) is 3.19. The number of aromatic nitrogens is 2. The fourth-order valence-electron chi connectivity index (χ4n) is 2.30. The molecule has 1 heterocycles. The van der Waals surface area contributed by atoms with Gasteiger partial charge in [0.2, 0.25) is 0 Å². The summed E-state index contributed by atoms with van der Waals surface area (Å²) < 4.78 is 1.92. The lowest BCUT2D eigenvalue weighted by molar-refractivity contribution is 0.0699. The second-order valence-electron chi connectivity index (χ2n) is 5.05. The van der Waals surface area contributed by atoms with Crippen molar-refractivity contribution in [3.8, 4) is 0 Å². The Bertz CT molecular complexity index is 691. The van der Waals surface area contributed by atoms with E-state index in [0.717, 1.165) is 11.3 Å². The van der Waals surface area contributed by atoms with Crippen LogP contribution in [0.1, 0.15) is 35.9 Å². The number of rotatable bonds is 5. The minimum Gasteiger partial charge on any atom is -0.478 e. The van der Waals surface area contributed by atoms with Crippen LogP contribution in [0.4, 0.5) is 4.79 Å². The van der Waals surface area contributed by atoms with Crippen LogP contribution in [0.5, 0.6) is 0 Å². The highest BCUT2D eigenvalue weighted by Crippen LogP contribution is 2.24. The maximum Gasteiger partial charge on any atom is 0.337 e. The highest BCUT2D eigenvalue weighted by Gasteiger charge is 2.18. The lowest BCUT2D eigenvalue weighted by atomic mass is 10.2. The molecule has 0 atom stereocenters. The molecule has 0 saturated carbocycles. The predicted octanol–water partition coefficient (Wildman–Crippen LogP) is 1.53. The van der Waals surface area contributed by atoms with Crippen LogP contribution in [0.15, 0.2) is 18.2 Å². The van der Waals surface area contributed by atoms with Gasteiger partial charge in [-0.1, -0.05) is 19.9 Å². The van der Waals surface area contributed by atoms with Crippen molar-refractivity contribution in [2.75, 3.05) is 6.54 Å². The van der Waals surface area contributed by atoms with E-state index < -0.39 is 12.0 Å². The Morgan fingerprint density at radius 2 is 2.14 bits per heavy atom. The average Bonchev–Trinajstić information content (AvgIpc) is 2.77. The number of carboxylic acid groups (broad SMARTS) is 1. The summed E-state index contributed by atoms with van der Waals surface area (Å²) in [6.07, 6.45) is 0. The molecule has 0 bridgehead atoms. The van der Waals surface area contributed by atoms with Gasteiger partial charge in [-0.2, -0.15) is 0 Å². The van der Waals surface area contributed by atoms with E-state index in [-0.39, 0.29) is 11.5 Å². The molecule has 0 spiro atoms. The van der Waals surface area contributed by atoms with Gasteiger partial charge in [0.25, 0.3) is 0 Å². The van der Waals surface area contributed by atoms with Gasteiger partial charge in [0.1, 0.15) is 11.3 Å². The first-order valence-corrected chi connectivity index (χ1v) is 6.67. The molecule has 2 aromatic rings. The van der Waals surface area contributed by atoms with Crippen molar-refractivity contribution in [2.45, 2.75) is 26.3 Å². The van der Waals surface area contributed by atoms with Gasteiger partial charge in [-0.3, -0.25) is 0 Å². The highest BCUT2D eigenvalue weighted by molar-refractivity contribution is 6.01. The zero-order chi connectivity index (χ0) is 15.6. The molecule has 7 heteroatoms. The number of carboxylic acids is 1. The number of nitrogens with two attached hydrogens (primary N) is 1. The number of carbonyl (C=O) groups is 2. The van der Waals surface area contributed by atoms with Crippen LogP contribution in [0.3, 0.4) is 0 Å². The van der Waals surface area contributed by atoms with Crippen LogP contribution in [-0.4, -0.2) is 33.2 Å². The summed E-state index contributed by atoms with van der Waals surface area (Å²) in [5, 5.41) is 11.8. The van der Waals surface area contributed by atoms with Gasteiger partial charge in [0.05, 0.1) is 11.1 Å². The second kappa shape index (κ2) is 5.82. The molecule has 0 fully saturated rings. The number of hydrogen-bond donors (Lipinski definition) is 3. The lowest BCUT2D eigenvalue weighted by Gasteiger charge is -2.11. The number of imidazole rings is 1. The Kier molecular flexibility index (Phi) is 4.11. The number of aromatic carboxylic acids is 1. The predicted molar refractivity (Wildman–Crippen MR) is 78.4 cm³/mol.